The number of sulfonamides is 1. The number of hydrogen-bond acceptors (Lipinski definition) is 3. The van der Waals surface area contributed by atoms with E-state index in [4.69, 9.17) is 23.2 Å². The Balaban J connectivity index is 2.47. The average molecular weight is 429 g/mol. The van der Waals surface area contributed by atoms with E-state index in [0.717, 1.165) is 16.7 Å². The minimum absolute atomic E-state index is 0.0320. The molecule has 2 N–H and O–H groups in total. The predicted octanol–water partition coefficient (Wildman–Crippen LogP) is 4.86. The van der Waals surface area contributed by atoms with E-state index in [0.29, 0.717) is 5.69 Å². The number of aryl methyl sites for hydroxylation is 3. The van der Waals surface area contributed by atoms with Crippen LogP contribution in [0.25, 0.3) is 0 Å². The molecule has 146 valence electrons. The summed E-state index contributed by atoms with van der Waals surface area (Å²) < 4.78 is 27.4. The molecular formula is C19H22Cl2N2O3S. The zero-order chi connectivity index (χ0) is 20.5. The smallest absolute Gasteiger partial charge is 0.257 e. The van der Waals surface area contributed by atoms with Crippen molar-refractivity contribution in [2.75, 3.05) is 5.32 Å². The Morgan fingerprint density at radius 3 is 2.04 bits per heavy atom. The van der Waals surface area contributed by atoms with Crippen molar-refractivity contribution in [2.45, 2.75) is 45.6 Å². The van der Waals surface area contributed by atoms with Gasteiger partial charge in [0.25, 0.3) is 5.91 Å². The van der Waals surface area contributed by atoms with Crippen molar-refractivity contribution in [2.24, 2.45) is 0 Å². The second kappa shape index (κ2) is 8.19. The third-order valence-corrected chi connectivity index (χ3v) is 6.30. The second-order valence-corrected chi connectivity index (χ2v) is 9.26. The Bertz CT molecular complexity index is 979. The van der Waals surface area contributed by atoms with Crippen molar-refractivity contribution in [1.82, 2.24) is 4.72 Å². The monoisotopic (exact) mass is 428 g/mol. The van der Waals surface area contributed by atoms with Crippen LogP contribution in [0.2, 0.25) is 10.0 Å². The van der Waals surface area contributed by atoms with Crippen LogP contribution in [0.15, 0.2) is 29.2 Å². The van der Waals surface area contributed by atoms with Gasteiger partial charge in [0.15, 0.2) is 0 Å². The highest BCUT2D eigenvalue weighted by Gasteiger charge is 2.23. The van der Waals surface area contributed by atoms with Crippen molar-refractivity contribution in [1.29, 1.82) is 0 Å². The van der Waals surface area contributed by atoms with E-state index in [9.17, 15) is 13.2 Å². The quantitative estimate of drug-likeness (QED) is 0.713. The molecule has 0 heterocycles. The Morgan fingerprint density at radius 2 is 1.52 bits per heavy atom. The first-order chi connectivity index (χ1) is 12.4. The molecule has 0 spiro atoms. The molecule has 0 saturated heterocycles. The van der Waals surface area contributed by atoms with Gasteiger partial charge in [-0.1, -0.05) is 40.9 Å². The molecule has 8 heteroatoms. The number of nitrogens with one attached hydrogen (secondary N) is 2. The van der Waals surface area contributed by atoms with Crippen LogP contribution in [0.1, 0.15) is 40.9 Å². The van der Waals surface area contributed by atoms with E-state index < -0.39 is 15.9 Å². The van der Waals surface area contributed by atoms with Gasteiger partial charge in [-0.05, 0) is 57.9 Å². The Hall–Kier alpha value is -1.60. The maximum Gasteiger partial charge on any atom is 0.257 e. The van der Waals surface area contributed by atoms with Gasteiger partial charge in [-0.25, -0.2) is 13.1 Å². The van der Waals surface area contributed by atoms with Crippen LogP contribution in [0.4, 0.5) is 5.69 Å². The van der Waals surface area contributed by atoms with Crippen LogP contribution >= 0.6 is 23.2 Å². The predicted molar refractivity (Wildman–Crippen MR) is 111 cm³/mol. The maximum atomic E-state index is 12.8. The molecule has 0 aliphatic carbocycles. The number of anilines is 1. The molecule has 0 bridgehead atoms. The van der Waals surface area contributed by atoms with Crippen molar-refractivity contribution in [3.8, 4) is 0 Å². The first-order valence-corrected chi connectivity index (χ1v) is 10.6. The van der Waals surface area contributed by atoms with Crippen LogP contribution < -0.4 is 10.0 Å². The van der Waals surface area contributed by atoms with Crippen molar-refractivity contribution in [3.63, 3.8) is 0 Å². The summed E-state index contributed by atoms with van der Waals surface area (Å²) in [5.74, 6) is -0.507. The van der Waals surface area contributed by atoms with Crippen LogP contribution in [-0.4, -0.2) is 20.4 Å². The highest BCUT2D eigenvalue weighted by atomic mass is 35.5. The maximum absolute atomic E-state index is 12.8. The lowest BCUT2D eigenvalue weighted by Gasteiger charge is -2.15. The molecule has 5 nitrogen and oxygen atoms in total. The first kappa shape index (κ1) is 21.7. The van der Waals surface area contributed by atoms with Crippen molar-refractivity contribution in [3.05, 3.63) is 56.6 Å². The first-order valence-electron chi connectivity index (χ1n) is 8.33. The van der Waals surface area contributed by atoms with Gasteiger partial charge in [-0.15, -0.1) is 0 Å². The minimum Gasteiger partial charge on any atom is -0.321 e. The lowest BCUT2D eigenvalue weighted by Crippen LogP contribution is -2.30. The van der Waals surface area contributed by atoms with Gasteiger partial charge < -0.3 is 5.32 Å². The molecule has 1 amide bonds. The number of rotatable bonds is 5. The minimum atomic E-state index is -3.88. The zero-order valence-corrected chi connectivity index (χ0v) is 18.1. The van der Waals surface area contributed by atoms with Gasteiger partial charge >= 0.3 is 0 Å². The van der Waals surface area contributed by atoms with Crippen LogP contribution in [-0.2, 0) is 10.0 Å². The molecule has 0 atom stereocenters. The molecule has 0 aliphatic heterocycles. The molecule has 0 fully saturated rings. The molecule has 0 unspecified atom stereocenters. The Morgan fingerprint density at radius 1 is 0.963 bits per heavy atom. The van der Waals surface area contributed by atoms with Gasteiger partial charge in [0, 0.05) is 11.7 Å². The number of halogens is 2. The molecule has 0 radical (unpaired) electrons. The number of carbonyl (C=O) groups is 1. The van der Waals surface area contributed by atoms with Gasteiger partial charge in [-0.3, -0.25) is 4.79 Å². The van der Waals surface area contributed by atoms with Crippen molar-refractivity contribution >= 4 is 44.8 Å². The molecule has 2 aromatic rings. The summed E-state index contributed by atoms with van der Waals surface area (Å²) in [5.41, 5.74) is 3.59. The average Bonchev–Trinajstić information content (AvgIpc) is 2.48. The van der Waals surface area contributed by atoms with Crippen LogP contribution in [0.5, 0.6) is 0 Å². The molecule has 0 saturated carbocycles. The van der Waals surface area contributed by atoms with E-state index in [-0.39, 0.29) is 26.5 Å². The molecule has 27 heavy (non-hydrogen) atoms. The molecule has 0 aliphatic rings. The molecule has 2 aromatic carbocycles. The highest BCUT2D eigenvalue weighted by Crippen LogP contribution is 2.30. The van der Waals surface area contributed by atoms with Gasteiger partial charge in [0.1, 0.15) is 4.90 Å². The van der Waals surface area contributed by atoms with Crippen LogP contribution in [0.3, 0.4) is 0 Å². The molecule has 0 aromatic heterocycles. The fourth-order valence-electron chi connectivity index (χ4n) is 2.84. The summed E-state index contributed by atoms with van der Waals surface area (Å²) in [6.45, 7) is 9.14. The van der Waals surface area contributed by atoms with Crippen molar-refractivity contribution < 1.29 is 13.2 Å². The third-order valence-electron chi connectivity index (χ3n) is 3.86. The Kier molecular flexibility index (Phi) is 6.58. The van der Waals surface area contributed by atoms with E-state index in [2.05, 4.69) is 10.0 Å². The number of benzene rings is 2. The van der Waals surface area contributed by atoms with E-state index in [1.165, 1.54) is 12.1 Å². The summed E-state index contributed by atoms with van der Waals surface area (Å²) >= 11 is 12.2. The normalized spacial score (nSPS) is 11.7. The third kappa shape index (κ3) is 5.02. The fourth-order valence-corrected chi connectivity index (χ4v) is 4.95. The molecular weight excluding hydrogens is 407 g/mol. The summed E-state index contributed by atoms with van der Waals surface area (Å²) in [6, 6.07) is 6.05. The van der Waals surface area contributed by atoms with E-state index in [1.807, 2.05) is 32.9 Å². The second-order valence-electron chi connectivity index (χ2n) is 6.77. The lowest BCUT2D eigenvalue weighted by atomic mass is 10.0. The molecule has 2 rings (SSSR count). The topological polar surface area (TPSA) is 75.3 Å². The van der Waals surface area contributed by atoms with Crippen LogP contribution in [0, 0.1) is 20.8 Å². The SMILES string of the molecule is Cc1cc(C)c(NC(=O)c2cc(S(=O)(=O)NC(C)C)c(Cl)cc2Cl)c(C)c1. The Labute approximate surface area is 170 Å². The number of hydrogen-bond donors (Lipinski definition) is 2. The van der Waals surface area contributed by atoms with Gasteiger partial charge in [0.05, 0.1) is 15.6 Å². The number of carbonyl (C=O) groups excluding carboxylic acids is 1. The standard InChI is InChI=1S/C19H22Cl2N2O3S/c1-10(2)23-27(25,26)17-8-14(15(20)9-16(17)21)19(24)22-18-12(4)6-11(3)7-13(18)5/h6-10,23H,1-5H3,(H,22,24). The fraction of sp³-hybridized carbons (Fsp3) is 0.316. The van der Waals surface area contributed by atoms with E-state index in [1.54, 1.807) is 13.8 Å². The summed E-state index contributed by atoms with van der Waals surface area (Å²) in [5, 5.41) is 2.84. The largest absolute Gasteiger partial charge is 0.321 e. The summed E-state index contributed by atoms with van der Waals surface area (Å²) in [7, 11) is -3.88. The summed E-state index contributed by atoms with van der Waals surface area (Å²) in [4.78, 5) is 12.6. The highest BCUT2D eigenvalue weighted by molar-refractivity contribution is 7.89. The summed E-state index contributed by atoms with van der Waals surface area (Å²) in [6.07, 6.45) is 0. The zero-order valence-electron chi connectivity index (χ0n) is 15.8. The van der Waals surface area contributed by atoms with Gasteiger partial charge in [-0.2, -0.15) is 0 Å². The lowest BCUT2D eigenvalue weighted by molar-refractivity contribution is 0.102. The van der Waals surface area contributed by atoms with Gasteiger partial charge in [0.2, 0.25) is 10.0 Å². The van der Waals surface area contributed by atoms with E-state index >= 15 is 0 Å². The number of amides is 1.